The summed E-state index contributed by atoms with van der Waals surface area (Å²) in [6, 6.07) is 3.06. The second kappa shape index (κ2) is 13.1. The van der Waals surface area contributed by atoms with Crippen LogP contribution < -0.4 is 21.7 Å². The standard InChI is InChI=1S/C23H32FN5O6/c24-16-5-3-15(4-6-16)23(33)29-13-17-12-19(29)22(32)26-7-1-2-18(25)21(31)27-8-9-34-10-11-35-14-20(30)28-17/h3-6,17-19H,1-2,7-14,25H2,(H,26,32)(H,27,31)(H,28,30)/t17-,18-,19-/m0/s1. The van der Waals surface area contributed by atoms with E-state index in [1.165, 1.54) is 29.2 Å². The molecule has 0 unspecified atom stereocenters. The van der Waals surface area contributed by atoms with E-state index in [0.29, 0.717) is 19.4 Å². The lowest BCUT2D eigenvalue weighted by Gasteiger charge is -2.24. The molecule has 0 radical (unpaired) electrons. The van der Waals surface area contributed by atoms with Gasteiger partial charge in [0.25, 0.3) is 5.91 Å². The highest BCUT2D eigenvalue weighted by Gasteiger charge is 2.40. The molecule has 1 aromatic rings. The first-order valence-electron chi connectivity index (χ1n) is 11.7. The Bertz CT molecular complexity index is 899. The average molecular weight is 494 g/mol. The Morgan fingerprint density at radius 1 is 1.00 bits per heavy atom. The van der Waals surface area contributed by atoms with Crippen molar-refractivity contribution in [2.45, 2.75) is 37.4 Å². The Labute approximate surface area is 202 Å². The molecule has 35 heavy (non-hydrogen) atoms. The summed E-state index contributed by atoms with van der Waals surface area (Å²) < 4.78 is 24.0. The molecule has 4 amide bonds. The quantitative estimate of drug-likeness (QED) is 0.388. The smallest absolute Gasteiger partial charge is 0.254 e. The Kier molecular flexibility index (Phi) is 9.94. The van der Waals surface area contributed by atoms with Crippen molar-refractivity contribution in [2.24, 2.45) is 5.73 Å². The third-order valence-electron chi connectivity index (χ3n) is 5.80. The topological polar surface area (TPSA) is 152 Å². The summed E-state index contributed by atoms with van der Waals surface area (Å²) in [7, 11) is 0. The van der Waals surface area contributed by atoms with E-state index < -0.39 is 29.8 Å². The van der Waals surface area contributed by atoms with Gasteiger partial charge in [0.1, 0.15) is 18.5 Å². The molecule has 2 bridgehead atoms. The van der Waals surface area contributed by atoms with Crippen LogP contribution in [0, 0.1) is 5.82 Å². The lowest BCUT2D eigenvalue weighted by molar-refractivity contribution is -0.127. The Morgan fingerprint density at radius 2 is 1.71 bits per heavy atom. The van der Waals surface area contributed by atoms with Gasteiger partial charge in [0.15, 0.2) is 0 Å². The molecule has 2 fully saturated rings. The van der Waals surface area contributed by atoms with Crippen LogP contribution in [0.5, 0.6) is 0 Å². The van der Waals surface area contributed by atoms with Gasteiger partial charge in [-0.2, -0.15) is 0 Å². The fourth-order valence-corrected chi connectivity index (χ4v) is 3.99. The third-order valence-corrected chi connectivity index (χ3v) is 5.80. The molecule has 5 N–H and O–H groups in total. The summed E-state index contributed by atoms with van der Waals surface area (Å²) in [4.78, 5) is 51.8. The number of likely N-dealkylation sites (tertiary alicyclic amines) is 1. The van der Waals surface area contributed by atoms with Gasteiger partial charge in [-0.05, 0) is 43.5 Å². The fourth-order valence-electron chi connectivity index (χ4n) is 3.99. The molecule has 0 saturated carbocycles. The van der Waals surface area contributed by atoms with Gasteiger partial charge in [0.2, 0.25) is 17.7 Å². The zero-order valence-corrected chi connectivity index (χ0v) is 19.5. The Balaban J connectivity index is 1.68. The SMILES string of the molecule is N[C@H]1CCCNC(=O)[C@@H]2C[C@@H](CN2C(=O)c2ccc(F)cc2)NC(=O)COCCOCCNC1=O. The Morgan fingerprint density at radius 3 is 2.49 bits per heavy atom. The number of nitrogens with one attached hydrogen (secondary N) is 3. The Hall–Kier alpha value is -3.09. The van der Waals surface area contributed by atoms with E-state index in [1.54, 1.807) is 0 Å². The monoisotopic (exact) mass is 493 g/mol. The van der Waals surface area contributed by atoms with Crippen molar-refractivity contribution >= 4 is 23.6 Å². The maximum absolute atomic E-state index is 13.3. The van der Waals surface area contributed by atoms with Crippen molar-refractivity contribution in [2.75, 3.05) is 46.1 Å². The molecule has 2 heterocycles. The van der Waals surface area contributed by atoms with Crippen LogP contribution in [-0.4, -0.2) is 92.7 Å². The predicted molar refractivity (Wildman–Crippen MR) is 123 cm³/mol. The maximum atomic E-state index is 13.3. The largest absolute Gasteiger partial charge is 0.377 e. The van der Waals surface area contributed by atoms with Gasteiger partial charge in [0.05, 0.1) is 25.9 Å². The van der Waals surface area contributed by atoms with Gasteiger partial charge in [-0.15, -0.1) is 0 Å². The number of carbonyl (C=O) groups is 4. The summed E-state index contributed by atoms with van der Waals surface area (Å²) >= 11 is 0. The first kappa shape index (κ1) is 26.5. The van der Waals surface area contributed by atoms with Crippen LogP contribution >= 0.6 is 0 Å². The molecule has 0 spiro atoms. The van der Waals surface area contributed by atoms with Gasteiger partial charge in [-0.1, -0.05) is 0 Å². The van der Waals surface area contributed by atoms with E-state index in [9.17, 15) is 23.6 Å². The molecule has 12 heteroatoms. The highest BCUT2D eigenvalue weighted by atomic mass is 19.1. The number of halogens is 1. The molecule has 3 rings (SSSR count). The van der Waals surface area contributed by atoms with E-state index in [2.05, 4.69) is 16.0 Å². The van der Waals surface area contributed by atoms with Crippen molar-refractivity contribution in [3.05, 3.63) is 35.6 Å². The van der Waals surface area contributed by atoms with Crippen LogP contribution in [0.3, 0.4) is 0 Å². The minimum atomic E-state index is -0.824. The van der Waals surface area contributed by atoms with Crippen molar-refractivity contribution in [3.63, 3.8) is 0 Å². The van der Waals surface area contributed by atoms with E-state index in [1.807, 2.05) is 0 Å². The molecule has 3 atom stereocenters. The van der Waals surface area contributed by atoms with E-state index in [0.717, 1.165) is 0 Å². The first-order valence-corrected chi connectivity index (χ1v) is 11.7. The normalized spacial score (nSPS) is 25.8. The number of amides is 4. The van der Waals surface area contributed by atoms with Crippen molar-refractivity contribution in [1.29, 1.82) is 0 Å². The highest BCUT2D eigenvalue weighted by Crippen LogP contribution is 2.21. The minimum Gasteiger partial charge on any atom is -0.377 e. The summed E-state index contributed by atoms with van der Waals surface area (Å²) in [6.07, 6.45) is 1.05. The predicted octanol–water partition coefficient (Wildman–Crippen LogP) is -1.09. The van der Waals surface area contributed by atoms with Crippen LogP contribution in [0.2, 0.25) is 0 Å². The van der Waals surface area contributed by atoms with E-state index in [-0.39, 0.29) is 69.2 Å². The number of benzene rings is 1. The van der Waals surface area contributed by atoms with Crippen molar-refractivity contribution in [3.8, 4) is 0 Å². The maximum Gasteiger partial charge on any atom is 0.254 e. The second-order valence-corrected chi connectivity index (χ2v) is 8.48. The number of nitrogens with zero attached hydrogens (tertiary/aromatic N) is 1. The molecule has 192 valence electrons. The van der Waals surface area contributed by atoms with Crippen LogP contribution in [0.25, 0.3) is 0 Å². The third kappa shape index (κ3) is 7.98. The fraction of sp³-hybridized carbons (Fsp3) is 0.565. The van der Waals surface area contributed by atoms with Gasteiger partial charge >= 0.3 is 0 Å². The lowest BCUT2D eigenvalue weighted by Crippen LogP contribution is -2.46. The minimum absolute atomic E-state index is 0.119. The molecule has 2 aliphatic heterocycles. The number of hydrogen-bond donors (Lipinski definition) is 4. The highest BCUT2D eigenvalue weighted by molar-refractivity contribution is 5.98. The van der Waals surface area contributed by atoms with Crippen molar-refractivity contribution in [1.82, 2.24) is 20.9 Å². The van der Waals surface area contributed by atoms with Crippen molar-refractivity contribution < 1.29 is 33.0 Å². The zero-order chi connectivity index (χ0) is 25.2. The molecule has 1 aromatic carbocycles. The lowest BCUT2D eigenvalue weighted by atomic mass is 10.1. The molecule has 0 aliphatic carbocycles. The molecular weight excluding hydrogens is 461 g/mol. The number of nitrogens with two attached hydrogens (primary N) is 1. The van der Waals surface area contributed by atoms with Gasteiger partial charge < -0.3 is 36.1 Å². The molecule has 2 aliphatic rings. The van der Waals surface area contributed by atoms with Crippen LogP contribution in [0.1, 0.15) is 29.6 Å². The summed E-state index contributed by atoms with van der Waals surface area (Å²) in [5, 5.41) is 8.27. The molecular formula is C23H32FN5O6. The first-order chi connectivity index (χ1) is 16.8. The number of rotatable bonds is 1. The molecule has 11 nitrogen and oxygen atoms in total. The number of hydrogen-bond acceptors (Lipinski definition) is 7. The van der Waals surface area contributed by atoms with E-state index >= 15 is 0 Å². The van der Waals surface area contributed by atoms with Crippen LogP contribution in [-0.2, 0) is 23.9 Å². The van der Waals surface area contributed by atoms with Crippen LogP contribution in [0.15, 0.2) is 24.3 Å². The second-order valence-electron chi connectivity index (χ2n) is 8.48. The average Bonchev–Trinajstić information content (AvgIpc) is 3.26. The van der Waals surface area contributed by atoms with E-state index in [4.69, 9.17) is 15.2 Å². The van der Waals surface area contributed by atoms with Gasteiger partial charge in [-0.3, -0.25) is 19.2 Å². The van der Waals surface area contributed by atoms with Crippen LogP contribution in [0.4, 0.5) is 4.39 Å². The molecule has 0 aromatic heterocycles. The summed E-state index contributed by atoms with van der Waals surface area (Å²) in [5.74, 6) is -1.97. The van der Waals surface area contributed by atoms with Gasteiger partial charge in [0, 0.05) is 31.2 Å². The summed E-state index contributed by atoms with van der Waals surface area (Å²) in [5.41, 5.74) is 6.14. The number of carbonyl (C=O) groups excluding carboxylic acids is 4. The zero-order valence-electron chi connectivity index (χ0n) is 19.5. The van der Waals surface area contributed by atoms with Gasteiger partial charge in [-0.25, -0.2) is 4.39 Å². The summed E-state index contributed by atoms with van der Waals surface area (Å²) in [6.45, 7) is 1.20. The molecule has 2 saturated heterocycles. The number of ether oxygens (including phenoxy) is 2. The number of fused-ring (bicyclic) bond motifs is 2.